The van der Waals surface area contributed by atoms with E-state index in [-0.39, 0.29) is 11.3 Å². The van der Waals surface area contributed by atoms with Crippen LogP contribution in [0.15, 0.2) is 52.1 Å². The second-order valence-electron chi connectivity index (χ2n) is 5.31. The largest absolute Gasteiger partial charge is 0.364 e. The lowest BCUT2D eigenvalue weighted by atomic mass is 10.1. The van der Waals surface area contributed by atoms with E-state index in [4.69, 9.17) is 4.52 Å². The predicted molar refractivity (Wildman–Crippen MR) is 86.2 cm³/mol. The van der Waals surface area contributed by atoms with Crippen molar-refractivity contribution in [2.24, 2.45) is 0 Å². The van der Waals surface area contributed by atoms with E-state index in [2.05, 4.69) is 21.3 Å². The molecular weight excluding hydrogens is 306 g/mol. The van der Waals surface area contributed by atoms with E-state index >= 15 is 0 Å². The highest BCUT2D eigenvalue weighted by atomic mass is 16.5. The summed E-state index contributed by atoms with van der Waals surface area (Å²) in [4.78, 5) is 16.1. The molecule has 7 nitrogen and oxygen atoms in total. The molecule has 0 saturated carbocycles. The second kappa shape index (κ2) is 5.21. The molecule has 0 fully saturated rings. The Kier molecular flexibility index (Phi) is 3.03. The number of nitriles is 1. The molecule has 0 aliphatic carbocycles. The Balaban J connectivity index is 2.11. The van der Waals surface area contributed by atoms with Gasteiger partial charge in [-0.25, -0.2) is 0 Å². The Morgan fingerprint density at radius 1 is 1.21 bits per heavy atom. The first kappa shape index (κ1) is 14.0. The van der Waals surface area contributed by atoms with Gasteiger partial charge in [0.2, 0.25) is 0 Å². The molecular formula is C17H11N5O2. The molecule has 0 unspecified atom stereocenters. The second-order valence-corrected chi connectivity index (χ2v) is 5.31. The van der Waals surface area contributed by atoms with Crippen LogP contribution < -0.4 is 5.56 Å². The van der Waals surface area contributed by atoms with E-state index in [1.54, 1.807) is 6.92 Å². The molecule has 4 aromatic rings. The molecule has 1 aromatic carbocycles. The summed E-state index contributed by atoms with van der Waals surface area (Å²) in [7, 11) is 0. The van der Waals surface area contributed by atoms with Crippen LogP contribution in [0.4, 0.5) is 0 Å². The SMILES string of the molecule is Cc1[nH]c2c(-c3ccccc3)c(C#N)nn2c(=O)c1-c1cnoc1. The van der Waals surface area contributed by atoms with Crippen molar-refractivity contribution in [3.8, 4) is 28.3 Å². The van der Waals surface area contributed by atoms with Crippen molar-refractivity contribution >= 4 is 5.65 Å². The maximum atomic E-state index is 12.9. The molecule has 24 heavy (non-hydrogen) atoms. The van der Waals surface area contributed by atoms with E-state index in [1.165, 1.54) is 17.0 Å². The van der Waals surface area contributed by atoms with Crippen LogP contribution in [0.25, 0.3) is 27.9 Å². The fourth-order valence-corrected chi connectivity index (χ4v) is 2.81. The Bertz CT molecular complexity index is 1130. The number of fused-ring (bicyclic) bond motifs is 1. The van der Waals surface area contributed by atoms with Gasteiger partial charge in [-0.2, -0.15) is 14.9 Å². The Labute approximate surface area is 135 Å². The van der Waals surface area contributed by atoms with Gasteiger partial charge in [0.1, 0.15) is 18.0 Å². The topological polar surface area (TPSA) is 100.0 Å². The lowest BCUT2D eigenvalue weighted by Gasteiger charge is -2.05. The number of nitrogens with zero attached hydrogens (tertiary/aromatic N) is 4. The average molecular weight is 317 g/mol. The summed E-state index contributed by atoms with van der Waals surface area (Å²) in [6.45, 7) is 1.79. The van der Waals surface area contributed by atoms with Crippen molar-refractivity contribution < 1.29 is 4.52 Å². The summed E-state index contributed by atoms with van der Waals surface area (Å²) in [6, 6.07) is 11.4. The van der Waals surface area contributed by atoms with Crippen molar-refractivity contribution in [2.75, 3.05) is 0 Å². The van der Waals surface area contributed by atoms with Crippen LogP contribution in [-0.4, -0.2) is 19.8 Å². The summed E-state index contributed by atoms with van der Waals surface area (Å²) < 4.78 is 6.04. The first-order valence-corrected chi connectivity index (χ1v) is 7.21. The summed E-state index contributed by atoms with van der Waals surface area (Å²) in [5.41, 5.74) is 3.39. The number of aromatic amines is 1. The van der Waals surface area contributed by atoms with E-state index in [1.807, 2.05) is 30.3 Å². The van der Waals surface area contributed by atoms with Crippen molar-refractivity contribution in [3.63, 3.8) is 0 Å². The fraction of sp³-hybridized carbons (Fsp3) is 0.0588. The molecule has 0 radical (unpaired) electrons. The lowest BCUT2D eigenvalue weighted by molar-refractivity contribution is 0.420. The van der Waals surface area contributed by atoms with Gasteiger partial charge >= 0.3 is 0 Å². The molecule has 4 rings (SSSR count). The summed E-state index contributed by atoms with van der Waals surface area (Å²) >= 11 is 0. The third-order valence-corrected chi connectivity index (χ3v) is 3.86. The minimum absolute atomic E-state index is 0.191. The number of nitrogens with one attached hydrogen (secondary N) is 1. The zero-order chi connectivity index (χ0) is 16.7. The van der Waals surface area contributed by atoms with E-state index < -0.39 is 0 Å². The van der Waals surface area contributed by atoms with Crippen LogP contribution in [0.1, 0.15) is 11.4 Å². The van der Waals surface area contributed by atoms with Gasteiger partial charge in [0, 0.05) is 11.3 Å². The molecule has 3 aromatic heterocycles. The predicted octanol–water partition coefficient (Wildman–Crippen LogP) is 2.52. The minimum Gasteiger partial charge on any atom is -0.364 e. The highest BCUT2D eigenvalue weighted by molar-refractivity contribution is 5.82. The number of benzene rings is 1. The highest BCUT2D eigenvalue weighted by Gasteiger charge is 2.20. The van der Waals surface area contributed by atoms with Gasteiger partial charge in [-0.05, 0) is 12.5 Å². The number of H-pyrrole nitrogens is 1. The molecule has 0 atom stereocenters. The van der Waals surface area contributed by atoms with Gasteiger partial charge in [-0.1, -0.05) is 35.5 Å². The zero-order valence-electron chi connectivity index (χ0n) is 12.6. The van der Waals surface area contributed by atoms with Crippen molar-refractivity contribution in [1.29, 1.82) is 5.26 Å². The first-order valence-electron chi connectivity index (χ1n) is 7.21. The molecule has 0 saturated heterocycles. The molecule has 116 valence electrons. The standard InChI is InChI=1S/C17H11N5O2/c1-10-14(12-8-19-24-9-12)17(23)22-16(20-10)15(13(7-18)21-22)11-5-3-2-4-6-11/h2-6,8-9,20H,1H3. The summed E-state index contributed by atoms with van der Waals surface area (Å²) in [5, 5.41) is 17.2. The normalized spacial score (nSPS) is 10.8. The Morgan fingerprint density at radius 2 is 2.00 bits per heavy atom. The molecule has 0 spiro atoms. The van der Waals surface area contributed by atoms with Gasteiger partial charge in [0.15, 0.2) is 5.69 Å². The first-order chi connectivity index (χ1) is 11.7. The number of hydrogen-bond donors (Lipinski definition) is 1. The number of rotatable bonds is 2. The van der Waals surface area contributed by atoms with Crippen LogP contribution in [0, 0.1) is 18.3 Å². The quantitative estimate of drug-likeness (QED) is 0.612. The molecule has 0 amide bonds. The average Bonchev–Trinajstić information content (AvgIpc) is 3.23. The maximum absolute atomic E-state index is 12.9. The van der Waals surface area contributed by atoms with Gasteiger partial charge in [-0.15, -0.1) is 0 Å². The Hall–Kier alpha value is -3.66. The monoisotopic (exact) mass is 317 g/mol. The van der Waals surface area contributed by atoms with Crippen LogP contribution in [0.2, 0.25) is 0 Å². The smallest absolute Gasteiger partial charge is 0.282 e. The Morgan fingerprint density at radius 3 is 2.67 bits per heavy atom. The van der Waals surface area contributed by atoms with Gasteiger partial charge in [0.05, 0.1) is 17.3 Å². The van der Waals surface area contributed by atoms with Crippen molar-refractivity contribution in [2.45, 2.75) is 6.92 Å². The number of aromatic nitrogens is 4. The minimum atomic E-state index is -0.330. The van der Waals surface area contributed by atoms with Gasteiger partial charge in [0.25, 0.3) is 5.56 Å². The van der Waals surface area contributed by atoms with E-state index in [0.29, 0.717) is 28.0 Å². The van der Waals surface area contributed by atoms with Gasteiger partial charge in [-0.3, -0.25) is 4.79 Å². The molecule has 1 N–H and O–H groups in total. The number of aryl methyl sites for hydroxylation is 1. The lowest BCUT2D eigenvalue weighted by Crippen LogP contribution is -2.19. The van der Waals surface area contributed by atoms with Crippen LogP contribution in [-0.2, 0) is 0 Å². The van der Waals surface area contributed by atoms with Gasteiger partial charge < -0.3 is 9.51 Å². The third-order valence-electron chi connectivity index (χ3n) is 3.86. The van der Waals surface area contributed by atoms with E-state index in [0.717, 1.165) is 5.56 Å². The van der Waals surface area contributed by atoms with Crippen LogP contribution >= 0.6 is 0 Å². The van der Waals surface area contributed by atoms with Crippen LogP contribution in [0.3, 0.4) is 0 Å². The third kappa shape index (κ3) is 1.94. The van der Waals surface area contributed by atoms with Crippen LogP contribution in [0.5, 0.6) is 0 Å². The molecule has 0 aliphatic rings. The highest BCUT2D eigenvalue weighted by Crippen LogP contribution is 2.28. The maximum Gasteiger partial charge on any atom is 0.282 e. The van der Waals surface area contributed by atoms with Crippen molar-refractivity contribution in [3.05, 3.63) is 64.5 Å². The fourth-order valence-electron chi connectivity index (χ4n) is 2.81. The summed E-state index contributed by atoms with van der Waals surface area (Å²) in [5.74, 6) is 0. The van der Waals surface area contributed by atoms with E-state index in [9.17, 15) is 10.1 Å². The molecule has 3 heterocycles. The molecule has 0 bridgehead atoms. The van der Waals surface area contributed by atoms with Crippen molar-refractivity contribution in [1.82, 2.24) is 19.8 Å². The molecule has 7 heteroatoms. The summed E-state index contributed by atoms with van der Waals surface area (Å²) in [6.07, 6.45) is 2.87. The number of hydrogen-bond acceptors (Lipinski definition) is 5. The molecule has 0 aliphatic heterocycles. The zero-order valence-corrected chi connectivity index (χ0v) is 12.6.